The van der Waals surface area contributed by atoms with Crippen LogP contribution in [0.1, 0.15) is 73.6 Å². The number of hydrogen-bond donors (Lipinski definition) is 25. The molecule has 0 saturated carbocycles. The van der Waals surface area contributed by atoms with E-state index in [1.54, 1.807) is 61.2 Å². The molecule has 8 rings (SSSR count). The number of aromatic nitrogens is 4. The van der Waals surface area contributed by atoms with E-state index in [-0.39, 0.29) is 121 Å². The van der Waals surface area contributed by atoms with Gasteiger partial charge in [0.2, 0.25) is 41.4 Å². The second-order valence-corrected chi connectivity index (χ2v) is 24.6. The standard InChI is InChI=1S/C68H90N24O9/c69-45(17-9-25-78-65(70)71)57(93)89-53(29-37-33-82-46-18-5-1-13-41(37)46)61(97)86-50(22-10-26-79-66(72)73)58(94)90-54(30-38-34-83-47-19-6-2-14-42(38)47)62(98)87-51(23-11-27-80-67(74)75)59(95)91-55(31-39-35-84-48-20-7-3-15-43(39)48)63(99)88-52(24-12-28-81-68(76)77)60(96)92-56(64(100)101)32-40-36-85-49-21-8-4-16-44(40)49/h1-8,13-16,18-21,33-36,45,50-56,82-85H,9-12,17,22-32,69H2,(H,86,97)(H,87,98)(H,88,99)(H,89,93)(H,90,94)(H,91,95)(H,92,96)(H,100,101)(H4,70,71,78)(H4,72,73,79)(H4,74,75,80)(H4,76,77,81)/t45-,50-,51-,52-,53-,54-,55-,56-/m0/s1. The fourth-order valence-electron chi connectivity index (χ4n) is 11.9. The minimum absolute atomic E-state index is 0.0445. The highest BCUT2D eigenvalue weighted by Crippen LogP contribution is 2.24. The summed E-state index contributed by atoms with van der Waals surface area (Å²) in [6.07, 6.45) is 6.59. The lowest BCUT2D eigenvalue weighted by Gasteiger charge is -2.28. The fraction of sp³-hybridized carbons (Fsp3) is 0.353. The molecule has 7 amide bonds. The number of fused-ring (bicyclic) bond motifs is 4. The Morgan fingerprint density at radius 1 is 0.337 bits per heavy atom. The number of carbonyl (C=O) groups excluding carboxylic acids is 7. The highest BCUT2D eigenvalue weighted by molar-refractivity contribution is 5.99. The number of hydrogen-bond acceptors (Lipinski definition) is 13. The second kappa shape index (κ2) is 36.4. The van der Waals surface area contributed by atoms with Gasteiger partial charge in [-0.25, -0.2) is 4.79 Å². The van der Waals surface area contributed by atoms with Crippen LogP contribution in [-0.2, 0) is 64.0 Å². The zero-order chi connectivity index (χ0) is 72.5. The maximum atomic E-state index is 15.4. The van der Waals surface area contributed by atoms with Crippen LogP contribution < -0.4 is 87.2 Å². The van der Waals surface area contributed by atoms with Crippen LogP contribution in [-0.4, -0.2) is 171 Å². The first-order chi connectivity index (χ1) is 48.5. The summed E-state index contributed by atoms with van der Waals surface area (Å²) >= 11 is 0. The Morgan fingerprint density at radius 2 is 0.564 bits per heavy atom. The minimum atomic E-state index is -1.52. The van der Waals surface area contributed by atoms with Crippen LogP contribution in [0.25, 0.3) is 43.6 Å². The normalized spacial score (nSPS) is 13.6. The van der Waals surface area contributed by atoms with Gasteiger partial charge < -0.3 is 112 Å². The Bertz CT molecular complexity index is 4250. The summed E-state index contributed by atoms with van der Waals surface area (Å²) in [5, 5.41) is 74.3. The van der Waals surface area contributed by atoms with Gasteiger partial charge in [-0.15, -0.1) is 0 Å². The molecule has 0 unspecified atom stereocenters. The lowest BCUT2D eigenvalue weighted by Crippen LogP contribution is -2.61. The monoisotopic (exact) mass is 1390 g/mol. The third kappa shape index (κ3) is 21.9. The summed E-state index contributed by atoms with van der Waals surface area (Å²) < 4.78 is 0. The van der Waals surface area contributed by atoms with Gasteiger partial charge in [0.05, 0.1) is 6.04 Å². The molecule has 536 valence electrons. The first-order valence-electron chi connectivity index (χ1n) is 33.1. The predicted molar refractivity (Wildman–Crippen MR) is 384 cm³/mol. The molecule has 4 aromatic carbocycles. The number of carbonyl (C=O) groups is 8. The smallest absolute Gasteiger partial charge is 0.326 e. The number of aliphatic carboxylic acids is 1. The molecule has 0 radical (unpaired) electrons. The molecule has 0 aliphatic carbocycles. The van der Waals surface area contributed by atoms with Crippen LogP contribution in [0.5, 0.6) is 0 Å². The average Bonchev–Trinajstić information content (AvgIpc) is 1.71. The van der Waals surface area contributed by atoms with E-state index in [2.05, 4.69) is 78.4 Å². The average molecular weight is 1390 g/mol. The number of guanidine groups is 4. The van der Waals surface area contributed by atoms with Crippen LogP contribution in [0.2, 0.25) is 0 Å². The molecule has 0 bridgehead atoms. The molecule has 0 aliphatic rings. The van der Waals surface area contributed by atoms with Crippen molar-refractivity contribution in [3.63, 3.8) is 0 Å². The highest BCUT2D eigenvalue weighted by Gasteiger charge is 2.36. The molecule has 4 aromatic heterocycles. The zero-order valence-electron chi connectivity index (χ0n) is 55.6. The number of carboxylic acids is 1. The van der Waals surface area contributed by atoms with Crippen molar-refractivity contribution in [2.75, 3.05) is 26.2 Å². The summed E-state index contributed by atoms with van der Waals surface area (Å²) in [5.74, 6) is -8.55. The molecule has 8 aromatic rings. The van der Waals surface area contributed by atoms with Gasteiger partial charge >= 0.3 is 5.97 Å². The maximum absolute atomic E-state index is 15.4. The number of amides is 7. The summed E-state index contributed by atoms with van der Waals surface area (Å²) in [6, 6.07) is 17.7. The fourth-order valence-corrected chi connectivity index (χ4v) is 11.9. The predicted octanol–water partition coefficient (Wildman–Crippen LogP) is -0.259. The van der Waals surface area contributed by atoms with Crippen LogP contribution in [0, 0.1) is 21.6 Å². The van der Waals surface area contributed by atoms with E-state index in [1.165, 1.54) is 0 Å². The summed E-state index contributed by atoms with van der Waals surface area (Å²) in [4.78, 5) is 130. The number of benzene rings is 4. The Kier molecular flexibility index (Phi) is 26.9. The number of H-pyrrole nitrogens is 4. The number of aromatic amines is 4. The molecule has 0 spiro atoms. The Balaban J connectivity index is 1.10. The van der Waals surface area contributed by atoms with Crippen molar-refractivity contribution in [2.24, 2.45) is 28.7 Å². The molecule has 8 atom stereocenters. The van der Waals surface area contributed by atoms with Crippen LogP contribution >= 0.6 is 0 Å². The largest absolute Gasteiger partial charge is 0.480 e. The molecule has 30 N–H and O–H groups in total. The van der Waals surface area contributed by atoms with Gasteiger partial charge in [0.15, 0.2) is 23.8 Å². The van der Waals surface area contributed by atoms with Gasteiger partial charge in [0, 0.05) is 120 Å². The highest BCUT2D eigenvalue weighted by atomic mass is 16.4. The summed E-state index contributed by atoms with van der Waals surface area (Å²) in [6.45, 7) is 0.466. The lowest BCUT2D eigenvalue weighted by atomic mass is 10.0. The molecule has 33 nitrogen and oxygen atoms in total. The third-order valence-electron chi connectivity index (χ3n) is 17.1. The second-order valence-electron chi connectivity index (χ2n) is 24.6. The van der Waals surface area contributed by atoms with Gasteiger partial charge in [-0.05, 0) is 97.9 Å². The van der Waals surface area contributed by atoms with Gasteiger partial charge in [0.1, 0.15) is 42.3 Å². The van der Waals surface area contributed by atoms with Crippen molar-refractivity contribution in [3.05, 3.63) is 144 Å². The van der Waals surface area contributed by atoms with Crippen LogP contribution in [0.15, 0.2) is 122 Å². The summed E-state index contributed by atoms with van der Waals surface area (Å²) in [7, 11) is 0. The number of para-hydroxylation sites is 4. The van der Waals surface area contributed by atoms with E-state index in [0.717, 1.165) is 21.8 Å². The van der Waals surface area contributed by atoms with Gasteiger partial charge in [-0.3, -0.25) is 55.2 Å². The number of rotatable bonds is 39. The van der Waals surface area contributed by atoms with Crippen molar-refractivity contribution < 1.29 is 43.5 Å². The molecule has 0 aliphatic heterocycles. The van der Waals surface area contributed by atoms with E-state index in [0.29, 0.717) is 50.5 Å². The van der Waals surface area contributed by atoms with E-state index < -0.39 is 95.7 Å². The van der Waals surface area contributed by atoms with Gasteiger partial charge in [-0.2, -0.15) is 0 Å². The van der Waals surface area contributed by atoms with Gasteiger partial charge in [0.25, 0.3) is 0 Å². The lowest BCUT2D eigenvalue weighted by molar-refractivity contribution is -0.142. The minimum Gasteiger partial charge on any atom is -0.480 e. The Hall–Kier alpha value is -12.2. The van der Waals surface area contributed by atoms with Crippen LogP contribution in [0.3, 0.4) is 0 Å². The number of nitrogens with one attached hydrogen (secondary N) is 19. The van der Waals surface area contributed by atoms with Crippen LogP contribution in [0.4, 0.5) is 0 Å². The number of carboxylic acid groups (broad SMARTS) is 1. The van der Waals surface area contributed by atoms with E-state index in [9.17, 15) is 24.3 Å². The quantitative estimate of drug-likeness (QED) is 0.0134. The van der Waals surface area contributed by atoms with Crippen molar-refractivity contribution in [1.82, 2.24) is 78.4 Å². The van der Waals surface area contributed by atoms with Crippen molar-refractivity contribution >= 4 is 115 Å². The first kappa shape index (κ1) is 74.6. The molecule has 0 fully saturated rings. The van der Waals surface area contributed by atoms with Crippen molar-refractivity contribution in [2.45, 2.75) is 125 Å². The molecule has 101 heavy (non-hydrogen) atoms. The molecular formula is C68H90N24O9. The van der Waals surface area contributed by atoms with Crippen molar-refractivity contribution in [1.29, 1.82) is 21.6 Å². The molecule has 4 heterocycles. The maximum Gasteiger partial charge on any atom is 0.326 e. The van der Waals surface area contributed by atoms with Gasteiger partial charge in [-0.1, -0.05) is 72.8 Å². The zero-order valence-corrected chi connectivity index (χ0v) is 55.6. The molecule has 33 heteroatoms. The SMILES string of the molecule is N=C(N)NCCC[C@H](NC(=O)[C@H](Cc1c[nH]c2ccccc12)NC(=O)[C@H](CCCNC(=N)N)NC(=O)[C@H](Cc1c[nH]c2ccccc12)NC(=O)[C@H](CCCNC(=N)N)NC(=O)[C@H](Cc1c[nH]c2ccccc12)NC(=O)[C@@H](N)CCCNC(=N)N)C(=O)N[C@@H](Cc1c[nH]c2ccccc12)C(=O)O. The Morgan fingerprint density at radius 3 is 0.842 bits per heavy atom. The van der Waals surface area contributed by atoms with E-state index in [4.69, 9.17) is 50.3 Å². The topological polar surface area (TPSA) is 578 Å². The van der Waals surface area contributed by atoms with E-state index in [1.807, 2.05) is 60.7 Å². The van der Waals surface area contributed by atoms with E-state index >= 15 is 19.2 Å². The number of nitrogens with two attached hydrogens (primary N) is 5. The molecule has 0 saturated heterocycles. The molecular weight excluding hydrogens is 1300 g/mol. The van der Waals surface area contributed by atoms with Crippen molar-refractivity contribution in [3.8, 4) is 0 Å². The Labute approximate surface area is 580 Å². The third-order valence-corrected chi connectivity index (χ3v) is 17.1. The summed E-state index contributed by atoms with van der Waals surface area (Å²) in [5.41, 5.74) is 33.9. The first-order valence-corrected chi connectivity index (χ1v) is 33.1.